The van der Waals surface area contributed by atoms with Crippen molar-refractivity contribution in [3.05, 3.63) is 39.4 Å². The van der Waals surface area contributed by atoms with Crippen molar-refractivity contribution in [3.63, 3.8) is 0 Å². The van der Waals surface area contributed by atoms with Crippen molar-refractivity contribution in [1.29, 1.82) is 0 Å². The van der Waals surface area contributed by atoms with Gasteiger partial charge >= 0.3 is 23.9 Å². The molecule has 5 atom stereocenters. The number of hydrogen-bond donors (Lipinski definition) is 1. The van der Waals surface area contributed by atoms with E-state index >= 15 is 0 Å². The van der Waals surface area contributed by atoms with Gasteiger partial charge in [-0.25, -0.2) is 0 Å². The van der Waals surface area contributed by atoms with Gasteiger partial charge in [-0.2, -0.15) is 0 Å². The Morgan fingerprint density at radius 3 is 2.09 bits per heavy atom. The van der Waals surface area contributed by atoms with Crippen molar-refractivity contribution < 1.29 is 57.7 Å². The molecule has 0 spiro atoms. The third-order valence-electron chi connectivity index (χ3n) is 4.79. The van der Waals surface area contributed by atoms with Crippen LogP contribution in [0.4, 0.5) is 5.69 Å². The molecule has 190 valence electrons. The van der Waals surface area contributed by atoms with Crippen LogP contribution in [0.5, 0.6) is 0 Å². The van der Waals surface area contributed by atoms with E-state index in [0.717, 1.165) is 45.9 Å². The van der Waals surface area contributed by atoms with Crippen LogP contribution < -0.4 is 0 Å². The lowest BCUT2D eigenvalue weighted by Crippen LogP contribution is -2.66. The Labute approximate surface area is 198 Å². The van der Waals surface area contributed by atoms with Gasteiger partial charge in [0.1, 0.15) is 19.0 Å². The van der Waals surface area contributed by atoms with Crippen molar-refractivity contribution in [2.24, 2.45) is 0 Å². The van der Waals surface area contributed by atoms with Gasteiger partial charge in [0.05, 0.1) is 10.5 Å². The van der Waals surface area contributed by atoms with Gasteiger partial charge in [0.15, 0.2) is 12.2 Å². The number of hydrogen-bond acceptors (Lipinski definition) is 13. The van der Waals surface area contributed by atoms with E-state index in [0.29, 0.717) is 6.29 Å². The summed E-state index contributed by atoms with van der Waals surface area (Å²) in [4.78, 5) is 69.0. The zero-order valence-corrected chi connectivity index (χ0v) is 19.1. The van der Waals surface area contributed by atoms with Gasteiger partial charge in [0, 0.05) is 39.3 Å². The number of carbonyl (C=O) groups is 5. The summed E-state index contributed by atoms with van der Waals surface area (Å²) in [6.07, 6.45) is -6.55. The molecule has 1 aliphatic heterocycles. The van der Waals surface area contributed by atoms with Gasteiger partial charge in [-0.3, -0.25) is 34.1 Å². The molecule has 1 aromatic carbocycles. The van der Waals surface area contributed by atoms with E-state index in [2.05, 4.69) is 0 Å². The van der Waals surface area contributed by atoms with Crippen LogP contribution in [0.3, 0.4) is 0 Å². The monoisotopic (exact) mass is 497 g/mol. The van der Waals surface area contributed by atoms with E-state index < -0.39 is 76.9 Å². The molecule has 14 heteroatoms. The predicted molar refractivity (Wildman–Crippen MR) is 111 cm³/mol. The predicted octanol–water partition coefficient (Wildman–Crippen LogP) is 0.309. The van der Waals surface area contributed by atoms with Crippen LogP contribution in [0.1, 0.15) is 43.6 Å². The third kappa shape index (κ3) is 6.36. The molecule has 1 heterocycles. The second-order valence-corrected chi connectivity index (χ2v) is 7.49. The van der Waals surface area contributed by atoms with E-state index in [-0.39, 0.29) is 5.56 Å². The standard InChI is InChI=1S/C21H23NO13/c1-10(24)31-9-17-18(32-11(2)25)19(33-12(3)26)20(34-13(4)27)21(28,35-17)15-6-5-14(8-23)7-16(15)22(29)30/h5-8,17-20,28H,9H2,1-4H3/t17-,18+,19+,20-,21-/m1/s1. The Morgan fingerprint density at radius 2 is 1.60 bits per heavy atom. The molecule has 1 aliphatic rings. The lowest BCUT2D eigenvalue weighted by Gasteiger charge is -2.48. The molecular weight excluding hydrogens is 474 g/mol. The van der Waals surface area contributed by atoms with Crippen molar-refractivity contribution in [3.8, 4) is 0 Å². The van der Waals surface area contributed by atoms with Gasteiger partial charge in [0.2, 0.25) is 11.9 Å². The molecule has 1 aromatic rings. The maximum absolute atomic E-state index is 11.9. The quantitative estimate of drug-likeness (QED) is 0.170. The summed E-state index contributed by atoms with van der Waals surface area (Å²) < 4.78 is 26.1. The van der Waals surface area contributed by atoms with Crippen LogP contribution in [0.2, 0.25) is 0 Å². The number of nitrogens with zero attached hydrogens (tertiary/aromatic N) is 1. The first-order chi connectivity index (χ1) is 16.3. The number of aliphatic hydroxyl groups is 1. The lowest BCUT2D eigenvalue weighted by atomic mass is 9.86. The zero-order chi connectivity index (χ0) is 26.5. The minimum absolute atomic E-state index is 0.116. The second kappa shape index (κ2) is 11.0. The highest BCUT2D eigenvalue weighted by Crippen LogP contribution is 2.44. The highest BCUT2D eigenvalue weighted by Gasteiger charge is 2.62. The Hall–Kier alpha value is -3.91. The van der Waals surface area contributed by atoms with Gasteiger partial charge in [-0.15, -0.1) is 0 Å². The van der Waals surface area contributed by atoms with Crippen LogP contribution in [-0.4, -0.2) is 71.2 Å². The Kier molecular flexibility index (Phi) is 8.60. The third-order valence-corrected chi connectivity index (χ3v) is 4.79. The summed E-state index contributed by atoms with van der Waals surface area (Å²) in [5.41, 5.74) is -1.49. The van der Waals surface area contributed by atoms with Crippen LogP contribution in [0.15, 0.2) is 18.2 Å². The maximum atomic E-state index is 11.9. The number of rotatable bonds is 8. The average molecular weight is 497 g/mol. The van der Waals surface area contributed by atoms with Crippen molar-refractivity contribution >= 4 is 35.9 Å². The molecule has 0 amide bonds. The summed E-state index contributed by atoms with van der Waals surface area (Å²) in [6, 6.07) is 2.95. The highest BCUT2D eigenvalue weighted by molar-refractivity contribution is 5.77. The minimum atomic E-state index is -2.89. The first-order valence-electron chi connectivity index (χ1n) is 10.1. The van der Waals surface area contributed by atoms with E-state index in [1.54, 1.807) is 0 Å². The van der Waals surface area contributed by atoms with Gasteiger partial charge in [-0.05, 0) is 6.07 Å². The fourth-order valence-electron chi connectivity index (χ4n) is 3.57. The van der Waals surface area contributed by atoms with Gasteiger partial charge < -0.3 is 28.8 Å². The summed E-state index contributed by atoms with van der Waals surface area (Å²) in [7, 11) is 0. The topological polar surface area (TPSA) is 195 Å². The van der Waals surface area contributed by atoms with Crippen molar-refractivity contribution in [2.75, 3.05) is 6.61 Å². The van der Waals surface area contributed by atoms with Crippen LogP contribution >= 0.6 is 0 Å². The second-order valence-electron chi connectivity index (χ2n) is 7.49. The van der Waals surface area contributed by atoms with E-state index in [1.807, 2.05) is 0 Å². The highest BCUT2D eigenvalue weighted by atomic mass is 16.7. The number of nitro benzene ring substituents is 1. The number of nitro groups is 1. The first kappa shape index (κ1) is 27.3. The summed E-state index contributed by atoms with van der Waals surface area (Å²) in [6.45, 7) is 3.34. The molecular formula is C21H23NO13. The number of esters is 4. The van der Waals surface area contributed by atoms with Gasteiger partial charge in [-0.1, -0.05) is 6.07 Å². The molecule has 0 bridgehead atoms. The SMILES string of the molecule is CC(=O)OC[C@H]1O[C@](O)(c2ccc(C=O)cc2[N+](=O)[O-])[C@H](OC(C)=O)[C@@H](OC(C)=O)[C@H]1OC(C)=O. The van der Waals surface area contributed by atoms with Crippen molar-refractivity contribution in [1.82, 2.24) is 0 Å². The average Bonchev–Trinajstić information content (AvgIpc) is 2.75. The summed E-state index contributed by atoms with van der Waals surface area (Å²) in [5.74, 6) is -6.54. The summed E-state index contributed by atoms with van der Waals surface area (Å²) in [5, 5.41) is 23.4. The maximum Gasteiger partial charge on any atom is 0.303 e. The molecule has 14 nitrogen and oxygen atoms in total. The molecule has 1 N–H and O–H groups in total. The molecule has 0 unspecified atom stereocenters. The van der Waals surface area contributed by atoms with E-state index in [4.69, 9.17) is 23.7 Å². The normalized spacial score (nSPS) is 25.6. The molecule has 0 aliphatic carbocycles. The minimum Gasteiger partial charge on any atom is -0.463 e. The van der Waals surface area contributed by atoms with Crippen LogP contribution in [0.25, 0.3) is 0 Å². The summed E-state index contributed by atoms with van der Waals surface area (Å²) >= 11 is 0. The fourth-order valence-corrected chi connectivity index (χ4v) is 3.57. The fraction of sp³-hybridized carbons (Fsp3) is 0.476. The molecule has 2 rings (SSSR count). The number of aldehydes is 1. The Bertz CT molecular complexity index is 1040. The molecule has 1 saturated heterocycles. The van der Waals surface area contributed by atoms with E-state index in [1.165, 1.54) is 0 Å². The number of ether oxygens (including phenoxy) is 5. The number of carbonyl (C=O) groups excluding carboxylic acids is 5. The lowest BCUT2D eigenvalue weighted by molar-refractivity contribution is -0.397. The van der Waals surface area contributed by atoms with Crippen LogP contribution in [0, 0.1) is 10.1 Å². The Morgan fingerprint density at radius 1 is 1.03 bits per heavy atom. The molecule has 35 heavy (non-hydrogen) atoms. The number of benzene rings is 1. The van der Waals surface area contributed by atoms with E-state index in [9.17, 15) is 39.2 Å². The smallest absolute Gasteiger partial charge is 0.303 e. The van der Waals surface area contributed by atoms with Gasteiger partial charge in [0.25, 0.3) is 5.69 Å². The molecule has 0 radical (unpaired) electrons. The zero-order valence-electron chi connectivity index (χ0n) is 19.1. The van der Waals surface area contributed by atoms with Crippen molar-refractivity contribution in [2.45, 2.75) is 57.9 Å². The first-order valence-corrected chi connectivity index (χ1v) is 10.1. The van der Waals surface area contributed by atoms with Crippen LogP contribution in [-0.2, 0) is 48.6 Å². The molecule has 0 aromatic heterocycles. The Balaban J connectivity index is 2.79. The largest absolute Gasteiger partial charge is 0.463 e. The molecule has 0 saturated carbocycles. The molecule has 1 fully saturated rings.